The summed E-state index contributed by atoms with van der Waals surface area (Å²) >= 11 is 0. The van der Waals surface area contributed by atoms with Crippen LogP contribution >= 0.6 is 0 Å². The number of furan rings is 1. The number of amides is 2. The van der Waals surface area contributed by atoms with Gasteiger partial charge in [0.25, 0.3) is 0 Å². The number of anilines is 1. The van der Waals surface area contributed by atoms with E-state index >= 15 is 0 Å². The van der Waals surface area contributed by atoms with Gasteiger partial charge in [0.15, 0.2) is 0 Å². The van der Waals surface area contributed by atoms with Crippen molar-refractivity contribution in [2.24, 2.45) is 0 Å². The van der Waals surface area contributed by atoms with Gasteiger partial charge >= 0.3 is 6.03 Å². The summed E-state index contributed by atoms with van der Waals surface area (Å²) < 4.78 is 33.0. The van der Waals surface area contributed by atoms with Crippen molar-refractivity contribution in [3.05, 3.63) is 90.2 Å². The minimum atomic E-state index is -0.381. The third-order valence-corrected chi connectivity index (χ3v) is 6.06. The maximum Gasteiger partial charge on any atom is 0.321 e. The molecule has 0 unspecified atom stereocenters. The van der Waals surface area contributed by atoms with Gasteiger partial charge in [-0.2, -0.15) is 0 Å². The molecule has 0 spiro atoms. The Kier molecular flexibility index (Phi) is 6.27. The molecule has 7 heteroatoms. The first-order valence-corrected chi connectivity index (χ1v) is 11.4. The molecule has 1 aromatic heterocycles. The van der Waals surface area contributed by atoms with E-state index in [0.29, 0.717) is 31.9 Å². The van der Waals surface area contributed by atoms with Crippen molar-refractivity contribution >= 4 is 22.7 Å². The Balaban J connectivity index is 1.22. The fraction of sp³-hybridized carbons (Fsp3) is 0.222. The van der Waals surface area contributed by atoms with Gasteiger partial charge in [0.05, 0.1) is 6.54 Å². The first-order chi connectivity index (χ1) is 16.5. The van der Waals surface area contributed by atoms with E-state index in [9.17, 15) is 13.6 Å². The quantitative estimate of drug-likeness (QED) is 0.398. The SMILES string of the molecule is O=C(Nc1cccc(F)c1)N1CCCN(Cc2cc3cc(-c4cccc(F)c4)ccc3o2)CC1. The molecule has 5 nitrogen and oxygen atoms in total. The molecule has 4 aromatic rings. The van der Waals surface area contributed by atoms with Crippen LogP contribution in [0.15, 0.2) is 77.2 Å². The summed E-state index contributed by atoms with van der Waals surface area (Å²) in [5.74, 6) is 0.211. The van der Waals surface area contributed by atoms with Crippen LogP contribution in [-0.2, 0) is 6.54 Å². The average molecular weight is 462 g/mol. The van der Waals surface area contributed by atoms with Crippen LogP contribution in [0.4, 0.5) is 19.3 Å². The fourth-order valence-electron chi connectivity index (χ4n) is 4.35. The molecular weight excluding hydrogens is 436 g/mol. The Hall–Kier alpha value is -3.71. The van der Waals surface area contributed by atoms with E-state index in [-0.39, 0.29) is 17.7 Å². The number of hydrogen-bond donors (Lipinski definition) is 1. The number of halogens is 2. The molecular formula is C27H25F2N3O2. The third-order valence-electron chi connectivity index (χ3n) is 6.06. The van der Waals surface area contributed by atoms with Gasteiger partial charge in [-0.15, -0.1) is 0 Å². The molecule has 174 valence electrons. The number of fused-ring (bicyclic) bond motifs is 1. The molecule has 0 atom stereocenters. The van der Waals surface area contributed by atoms with Crippen molar-refractivity contribution in [3.8, 4) is 11.1 Å². The predicted octanol–water partition coefficient (Wildman–Crippen LogP) is 6.12. The minimum absolute atomic E-state index is 0.221. The summed E-state index contributed by atoms with van der Waals surface area (Å²) in [6.07, 6.45) is 0.834. The van der Waals surface area contributed by atoms with E-state index in [4.69, 9.17) is 4.42 Å². The number of rotatable bonds is 4. The molecule has 0 radical (unpaired) electrons. The summed E-state index contributed by atoms with van der Waals surface area (Å²) in [7, 11) is 0. The highest BCUT2D eigenvalue weighted by molar-refractivity contribution is 5.89. The van der Waals surface area contributed by atoms with Crippen LogP contribution in [0.1, 0.15) is 12.2 Å². The second-order valence-corrected chi connectivity index (χ2v) is 8.53. The van der Waals surface area contributed by atoms with E-state index < -0.39 is 0 Å². The highest BCUT2D eigenvalue weighted by Crippen LogP contribution is 2.28. The van der Waals surface area contributed by atoms with Gasteiger partial charge in [-0.05, 0) is 66.1 Å². The number of nitrogens with zero attached hydrogens (tertiary/aromatic N) is 2. The zero-order chi connectivity index (χ0) is 23.5. The van der Waals surface area contributed by atoms with Crippen LogP contribution in [0.5, 0.6) is 0 Å². The van der Waals surface area contributed by atoms with Crippen LogP contribution in [0, 0.1) is 11.6 Å². The number of carbonyl (C=O) groups is 1. The first-order valence-electron chi connectivity index (χ1n) is 11.4. The Bertz CT molecular complexity index is 1320. The molecule has 0 saturated carbocycles. The van der Waals surface area contributed by atoms with E-state index in [1.165, 1.54) is 24.3 Å². The van der Waals surface area contributed by atoms with Crippen molar-refractivity contribution in [1.29, 1.82) is 0 Å². The monoisotopic (exact) mass is 461 g/mol. The summed E-state index contributed by atoms with van der Waals surface area (Å²) in [4.78, 5) is 16.6. The molecule has 1 N–H and O–H groups in total. The minimum Gasteiger partial charge on any atom is -0.460 e. The summed E-state index contributed by atoms with van der Waals surface area (Å²) in [5, 5.41) is 3.75. The number of hydrogen-bond acceptors (Lipinski definition) is 3. The standard InChI is InChI=1S/C27H25F2N3O2/c28-22-5-1-4-19(15-22)20-8-9-26-21(14-20)16-25(34-26)18-31-10-3-11-32(13-12-31)27(33)30-24-7-2-6-23(29)17-24/h1-2,4-9,14-17H,3,10-13,18H2,(H,30,33). The van der Waals surface area contributed by atoms with Gasteiger partial charge in [0.2, 0.25) is 0 Å². The van der Waals surface area contributed by atoms with Crippen molar-refractivity contribution in [2.45, 2.75) is 13.0 Å². The van der Waals surface area contributed by atoms with Gasteiger partial charge in [-0.25, -0.2) is 13.6 Å². The molecule has 1 fully saturated rings. The van der Waals surface area contributed by atoms with Gasteiger partial charge in [-0.3, -0.25) is 4.90 Å². The van der Waals surface area contributed by atoms with E-state index in [0.717, 1.165) is 40.8 Å². The van der Waals surface area contributed by atoms with Crippen molar-refractivity contribution < 1.29 is 18.0 Å². The topological polar surface area (TPSA) is 48.7 Å². The lowest BCUT2D eigenvalue weighted by molar-refractivity contribution is 0.209. The van der Waals surface area contributed by atoms with Gasteiger partial charge < -0.3 is 14.6 Å². The highest BCUT2D eigenvalue weighted by atomic mass is 19.1. The zero-order valence-electron chi connectivity index (χ0n) is 18.6. The normalized spacial score (nSPS) is 14.8. The van der Waals surface area contributed by atoms with Gasteiger partial charge in [-0.1, -0.05) is 24.3 Å². The Morgan fingerprint density at radius 1 is 0.853 bits per heavy atom. The van der Waals surface area contributed by atoms with Crippen molar-refractivity contribution in [3.63, 3.8) is 0 Å². The molecule has 2 heterocycles. The summed E-state index contributed by atoms with van der Waals surface area (Å²) in [6.45, 7) is 3.40. The maximum absolute atomic E-state index is 13.6. The predicted molar refractivity (Wildman–Crippen MR) is 128 cm³/mol. The second kappa shape index (κ2) is 9.65. The van der Waals surface area contributed by atoms with Crippen molar-refractivity contribution in [1.82, 2.24) is 9.80 Å². The molecule has 2 amide bonds. The van der Waals surface area contributed by atoms with Gasteiger partial charge in [0, 0.05) is 37.3 Å². The molecule has 1 saturated heterocycles. The molecule has 0 bridgehead atoms. The number of nitrogens with one attached hydrogen (secondary N) is 1. The first kappa shape index (κ1) is 22.1. The number of carbonyl (C=O) groups excluding carboxylic acids is 1. The van der Waals surface area contributed by atoms with Crippen LogP contribution in [0.25, 0.3) is 22.1 Å². The van der Waals surface area contributed by atoms with E-state index in [1.807, 2.05) is 30.3 Å². The summed E-state index contributed by atoms with van der Waals surface area (Å²) in [6, 6.07) is 20.1. The van der Waals surface area contributed by atoms with Crippen LogP contribution in [0.3, 0.4) is 0 Å². The third kappa shape index (κ3) is 5.10. The Labute approximate surface area is 196 Å². The number of urea groups is 1. The van der Waals surface area contributed by atoms with E-state index in [1.54, 1.807) is 23.1 Å². The molecule has 1 aliphatic rings. The van der Waals surface area contributed by atoms with Crippen LogP contribution < -0.4 is 5.32 Å². The number of benzene rings is 3. The summed E-state index contributed by atoms with van der Waals surface area (Å²) in [5.41, 5.74) is 3.01. The lowest BCUT2D eigenvalue weighted by atomic mass is 10.0. The lowest BCUT2D eigenvalue weighted by Gasteiger charge is -2.22. The molecule has 0 aliphatic carbocycles. The zero-order valence-corrected chi connectivity index (χ0v) is 18.6. The van der Waals surface area contributed by atoms with Crippen LogP contribution in [0.2, 0.25) is 0 Å². The highest BCUT2D eigenvalue weighted by Gasteiger charge is 2.20. The Morgan fingerprint density at radius 2 is 1.65 bits per heavy atom. The fourth-order valence-corrected chi connectivity index (χ4v) is 4.35. The van der Waals surface area contributed by atoms with Crippen molar-refractivity contribution in [2.75, 3.05) is 31.5 Å². The molecule has 34 heavy (non-hydrogen) atoms. The molecule has 5 rings (SSSR count). The van der Waals surface area contributed by atoms with Crippen LogP contribution in [-0.4, -0.2) is 42.0 Å². The smallest absolute Gasteiger partial charge is 0.321 e. The van der Waals surface area contributed by atoms with Gasteiger partial charge in [0.1, 0.15) is 23.0 Å². The lowest BCUT2D eigenvalue weighted by Crippen LogP contribution is -2.38. The average Bonchev–Trinajstić information content (AvgIpc) is 3.07. The molecule has 3 aromatic carbocycles. The second-order valence-electron chi connectivity index (χ2n) is 8.53. The van der Waals surface area contributed by atoms with E-state index in [2.05, 4.69) is 10.2 Å². The molecule has 1 aliphatic heterocycles. The maximum atomic E-state index is 13.6. The Morgan fingerprint density at radius 3 is 2.47 bits per heavy atom. The largest absolute Gasteiger partial charge is 0.460 e.